The third-order valence-electron chi connectivity index (χ3n) is 11.3. The summed E-state index contributed by atoms with van der Waals surface area (Å²) >= 11 is 0. The van der Waals surface area contributed by atoms with Crippen LogP contribution in [-0.2, 0) is 0 Å². The van der Waals surface area contributed by atoms with Gasteiger partial charge in [-0.1, -0.05) is 152 Å². The fourth-order valence-corrected chi connectivity index (χ4v) is 8.62. The molecular weight excluding hydrogens is 697 g/mol. The Morgan fingerprint density at radius 2 is 0.772 bits per heavy atom. The van der Waals surface area contributed by atoms with Gasteiger partial charge in [0.05, 0.1) is 16.8 Å². The number of aromatic nitrogens is 4. The van der Waals surface area contributed by atoms with Crippen molar-refractivity contribution in [3.63, 3.8) is 0 Å². The summed E-state index contributed by atoms with van der Waals surface area (Å²) in [5, 5.41) is 10.8. The third-order valence-corrected chi connectivity index (χ3v) is 11.3. The predicted octanol–water partition coefficient (Wildman–Crippen LogP) is 13.6. The standard InChI is InChI=1S/C52H30N4O/c1-3-15-33-29-35(27-25-31(33)13-1)50-54-51(36-28-26-32-14-2-4-16-34(32)30-36)56-52(55-50)46-39-19-7-5-17-37(39)45(38-18-6-8-20-40(38)46)49-47-41-21-9-11-23-43(41)53-48(47)42-22-10-12-24-44(42)57-49/h1-30H. The van der Waals surface area contributed by atoms with Gasteiger partial charge in [0.25, 0.3) is 0 Å². The van der Waals surface area contributed by atoms with Crippen LogP contribution in [0.4, 0.5) is 0 Å². The van der Waals surface area contributed by atoms with Crippen molar-refractivity contribution in [2.45, 2.75) is 0 Å². The van der Waals surface area contributed by atoms with Crippen LogP contribution in [0.3, 0.4) is 0 Å². The molecule has 0 unspecified atom stereocenters. The Labute approximate surface area is 326 Å². The lowest BCUT2D eigenvalue weighted by atomic mass is 9.88. The van der Waals surface area contributed by atoms with E-state index >= 15 is 0 Å². The summed E-state index contributed by atoms with van der Waals surface area (Å²) < 4.78 is 7.03. The second-order valence-corrected chi connectivity index (χ2v) is 14.6. The Balaban J connectivity index is 1.18. The van der Waals surface area contributed by atoms with E-state index in [0.29, 0.717) is 17.5 Å². The second-order valence-electron chi connectivity index (χ2n) is 14.6. The molecule has 9 aromatic carbocycles. The molecule has 0 bridgehead atoms. The molecule has 0 N–H and O–H groups in total. The van der Waals surface area contributed by atoms with Crippen LogP contribution < -0.4 is 0 Å². The lowest BCUT2D eigenvalue weighted by Gasteiger charge is -2.19. The van der Waals surface area contributed by atoms with Crippen LogP contribution in [0.25, 0.3) is 122 Å². The van der Waals surface area contributed by atoms with E-state index in [2.05, 4.69) is 158 Å². The van der Waals surface area contributed by atoms with Crippen molar-refractivity contribution in [1.82, 2.24) is 19.9 Å². The molecule has 2 aliphatic rings. The Morgan fingerprint density at radius 1 is 0.316 bits per heavy atom. The van der Waals surface area contributed by atoms with E-state index in [-0.39, 0.29) is 0 Å². The van der Waals surface area contributed by atoms with Gasteiger partial charge in [-0.2, -0.15) is 0 Å². The Morgan fingerprint density at radius 3 is 1.37 bits per heavy atom. The van der Waals surface area contributed by atoms with Crippen molar-refractivity contribution in [2.24, 2.45) is 0 Å². The first-order valence-electron chi connectivity index (χ1n) is 19.1. The molecule has 3 heterocycles. The Kier molecular flexibility index (Phi) is 6.86. The van der Waals surface area contributed by atoms with Crippen LogP contribution in [0.15, 0.2) is 186 Å². The minimum atomic E-state index is 0.608. The van der Waals surface area contributed by atoms with E-state index in [0.717, 1.165) is 93.5 Å². The highest BCUT2D eigenvalue weighted by Crippen LogP contribution is 2.50. The lowest BCUT2D eigenvalue weighted by Crippen LogP contribution is -2.02. The molecule has 5 heteroatoms. The highest BCUT2D eigenvalue weighted by Gasteiger charge is 2.27. The van der Waals surface area contributed by atoms with Gasteiger partial charge in [0.15, 0.2) is 17.5 Å². The van der Waals surface area contributed by atoms with Crippen molar-refractivity contribution in [2.75, 3.05) is 0 Å². The van der Waals surface area contributed by atoms with Gasteiger partial charge in [-0.15, -0.1) is 0 Å². The van der Waals surface area contributed by atoms with E-state index in [1.165, 1.54) is 10.8 Å². The molecule has 12 rings (SSSR count). The molecule has 0 aliphatic carbocycles. The van der Waals surface area contributed by atoms with Crippen LogP contribution in [0, 0.1) is 0 Å². The number of rotatable bonds is 4. The van der Waals surface area contributed by atoms with Crippen LogP contribution in [0.5, 0.6) is 0 Å². The number of benzene rings is 9. The summed E-state index contributed by atoms with van der Waals surface area (Å²) in [5.74, 6) is 2.63. The van der Waals surface area contributed by atoms with Gasteiger partial charge >= 0.3 is 0 Å². The molecule has 0 amide bonds. The first kappa shape index (κ1) is 31.6. The zero-order chi connectivity index (χ0) is 37.5. The molecule has 0 saturated heterocycles. The van der Waals surface area contributed by atoms with Gasteiger partial charge < -0.3 is 4.42 Å². The van der Waals surface area contributed by atoms with Crippen LogP contribution in [0.1, 0.15) is 0 Å². The average Bonchev–Trinajstić information content (AvgIpc) is 3.68. The largest absolute Gasteiger partial charge is 0.455 e. The molecule has 0 atom stereocenters. The normalized spacial score (nSPS) is 11.9. The summed E-state index contributed by atoms with van der Waals surface area (Å²) in [6.45, 7) is 0. The fraction of sp³-hybridized carbons (Fsp3) is 0. The maximum atomic E-state index is 7.03. The Bertz CT molecular complexity index is 3390. The highest BCUT2D eigenvalue weighted by atomic mass is 16.3. The molecule has 57 heavy (non-hydrogen) atoms. The molecule has 0 fully saturated rings. The van der Waals surface area contributed by atoms with Crippen molar-refractivity contribution in [3.05, 3.63) is 182 Å². The van der Waals surface area contributed by atoms with E-state index in [4.69, 9.17) is 24.4 Å². The molecular formula is C52H30N4O. The molecule has 10 aromatic rings. The third kappa shape index (κ3) is 4.96. The second kappa shape index (κ2) is 12.4. The fourth-order valence-electron chi connectivity index (χ4n) is 8.62. The van der Waals surface area contributed by atoms with Crippen molar-refractivity contribution in [3.8, 4) is 56.7 Å². The van der Waals surface area contributed by atoms with Gasteiger partial charge in [-0.25, -0.2) is 19.9 Å². The van der Waals surface area contributed by atoms with Crippen molar-refractivity contribution >= 4 is 65.0 Å². The first-order valence-corrected chi connectivity index (χ1v) is 19.1. The van der Waals surface area contributed by atoms with Crippen LogP contribution in [-0.4, -0.2) is 19.9 Å². The summed E-state index contributed by atoms with van der Waals surface area (Å²) in [5.41, 5.74) is 7.48. The van der Waals surface area contributed by atoms with Gasteiger partial charge in [0.2, 0.25) is 0 Å². The zero-order valence-corrected chi connectivity index (χ0v) is 30.5. The monoisotopic (exact) mass is 726 g/mol. The molecule has 0 spiro atoms. The van der Waals surface area contributed by atoms with Crippen molar-refractivity contribution in [1.29, 1.82) is 0 Å². The minimum Gasteiger partial charge on any atom is -0.455 e. The van der Waals surface area contributed by atoms with Gasteiger partial charge in [0, 0.05) is 33.0 Å². The average molecular weight is 727 g/mol. The summed E-state index contributed by atoms with van der Waals surface area (Å²) in [4.78, 5) is 21.0. The molecule has 264 valence electrons. The summed E-state index contributed by atoms with van der Waals surface area (Å²) in [6, 6.07) is 63.2. The van der Waals surface area contributed by atoms with Gasteiger partial charge in [0.1, 0.15) is 11.3 Å². The molecule has 0 radical (unpaired) electrons. The quantitative estimate of drug-likeness (QED) is 0.169. The number of fused-ring (bicyclic) bond motifs is 9. The molecule has 2 aliphatic heterocycles. The van der Waals surface area contributed by atoms with Gasteiger partial charge in [-0.3, -0.25) is 0 Å². The van der Waals surface area contributed by atoms with E-state index < -0.39 is 0 Å². The number of hydrogen-bond donors (Lipinski definition) is 0. The molecule has 1 aromatic heterocycles. The topological polar surface area (TPSA) is 64.7 Å². The number of para-hydroxylation sites is 2. The molecule has 5 nitrogen and oxygen atoms in total. The minimum absolute atomic E-state index is 0.608. The van der Waals surface area contributed by atoms with E-state index in [1.807, 2.05) is 24.3 Å². The van der Waals surface area contributed by atoms with E-state index in [9.17, 15) is 0 Å². The zero-order valence-electron chi connectivity index (χ0n) is 30.5. The SMILES string of the molecule is c1ccc2cc(-c3nc(-c4ccc5ccccc5c4)nc(-c4c5ccccc5c(-c5oc6ccccc6c6nc7ccccc7c5-6)c5ccccc45)n3)ccc2c1. The van der Waals surface area contributed by atoms with E-state index in [1.54, 1.807) is 0 Å². The van der Waals surface area contributed by atoms with Crippen LogP contribution in [0.2, 0.25) is 0 Å². The summed E-state index contributed by atoms with van der Waals surface area (Å²) in [6.07, 6.45) is 0. The maximum absolute atomic E-state index is 7.03. The van der Waals surface area contributed by atoms with Crippen molar-refractivity contribution < 1.29 is 4.42 Å². The highest BCUT2D eigenvalue weighted by molar-refractivity contribution is 6.23. The summed E-state index contributed by atoms with van der Waals surface area (Å²) in [7, 11) is 0. The first-order chi connectivity index (χ1) is 28.2. The smallest absolute Gasteiger partial charge is 0.165 e. The predicted molar refractivity (Wildman–Crippen MR) is 233 cm³/mol. The van der Waals surface area contributed by atoms with Gasteiger partial charge in [-0.05, 0) is 73.4 Å². The number of hydrogen-bond acceptors (Lipinski definition) is 5. The lowest BCUT2D eigenvalue weighted by molar-refractivity contribution is 0.623. The Hall–Kier alpha value is -7.76. The molecule has 0 saturated carbocycles. The maximum Gasteiger partial charge on any atom is 0.165 e. The van der Waals surface area contributed by atoms with Crippen LogP contribution >= 0.6 is 0 Å². The number of nitrogens with zero attached hydrogens (tertiary/aromatic N) is 4.